The van der Waals surface area contributed by atoms with E-state index in [0.717, 1.165) is 15.6 Å². The second kappa shape index (κ2) is 5.96. The van der Waals surface area contributed by atoms with Crippen molar-refractivity contribution in [3.63, 3.8) is 0 Å². The largest absolute Gasteiger partial charge is 0.465 e. The second-order valence-corrected chi connectivity index (χ2v) is 7.23. The van der Waals surface area contributed by atoms with E-state index in [0.29, 0.717) is 5.69 Å². The summed E-state index contributed by atoms with van der Waals surface area (Å²) in [5, 5.41) is 0. The van der Waals surface area contributed by atoms with Crippen LogP contribution < -0.4 is 0 Å². The van der Waals surface area contributed by atoms with Crippen LogP contribution >= 0.6 is 22.9 Å². The van der Waals surface area contributed by atoms with Crippen LogP contribution in [0, 0.1) is 6.92 Å². The highest BCUT2D eigenvalue weighted by Crippen LogP contribution is 2.28. The van der Waals surface area contributed by atoms with Crippen LogP contribution in [0.2, 0.25) is 4.47 Å². The molecule has 1 rings (SSSR count). The first-order valence-electron chi connectivity index (χ1n) is 5.04. The second-order valence-electron chi connectivity index (χ2n) is 3.41. The Morgan fingerprint density at radius 3 is 2.61 bits per heavy atom. The molecule has 0 atom stereocenters. The number of ether oxygens (including phenoxy) is 1. The topological polar surface area (TPSA) is 76.6 Å². The van der Waals surface area contributed by atoms with Gasteiger partial charge in [0.2, 0.25) is 0 Å². The van der Waals surface area contributed by atoms with Gasteiger partial charge in [-0.25, -0.2) is 13.4 Å². The maximum absolute atomic E-state index is 12.1. The number of hydrogen-bond donors (Lipinski definition) is 0. The molecule has 0 aliphatic carbocycles. The minimum atomic E-state index is -3.76. The fourth-order valence-electron chi connectivity index (χ4n) is 1.20. The van der Waals surface area contributed by atoms with E-state index in [1.54, 1.807) is 13.8 Å². The van der Waals surface area contributed by atoms with Crippen molar-refractivity contribution in [3.05, 3.63) is 10.2 Å². The van der Waals surface area contributed by atoms with Crippen LogP contribution in [0.1, 0.15) is 12.6 Å². The zero-order chi connectivity index (χ0) is 13.9. The van der Waals surface area contributed by atoms with Crippen LogP contribution in [0.3, 0.4) is 0 Å². The Labute approximate surface area is 115 Å². The Balaban J connectivity index is 2.93. The third kappa shape index (κ3) is 3.41. The lowest BCUT2D eigenvalue weighted by molar-refractivity contribution is -0.143. The van der Waals surface area contributed by atoms with Gasteiger partial charge in [-0.1, -0.05) is 22.9 Å². The highest BCUT2D eigenvalue weighted by atomic mass is 35.5. The summed E-state index contributed by atoms with van der Waals surface area (Å²) in [6.07, 6.45) is 0. The van der Waals surface area contributed by atoms with Crippen molar-refractivity contribution in [2.75, 3.05) is 20.2 Å². The molecule has 0 unspecified atom stereocenters. The zero-order valence-electron chi connectivity index (χ0n) is 10.1. The average Bonchev–Trinajstić information content (AvgIpc) is 2.58. The summed E-state index contributed by atoms with van der Waals surface area (Å²) in [4.78, 5) is 15.1. The standard InChI is InChI=1S/C9H13ClN2O4S2/c1-4-16-7(13)5-12(3)18(14,15)8-6(2)11-9(10)17-8/h4-5H2,1-3H3. The molecule has 9 heteroatoms. The molecule has 102 valence electrons. The Morgan fingerprint density at radius 1 is 1.56 bits per heavy atom. The molecule has 0 saturated carbocycles. The van der Waals surface area contributed by atoms with Gasteiger partial charge in [0, 0.05) is 7.05 Å². The van der Waals surface area contributed by atoms with Crippen molar-refractivity contribution < 1.29 is 17.9 Å². The number of carbonyl (C=O) groups is 1. The van der Waals surface area contributed by atoms with Crippen LogP contribution in [0.4, 0.5) is 0 Å². The Kier molecular flexibility index (Phi) is 5.09. The summed E-state index contributed by atoms with van der Waals surface area (Å²) < 4.78 is 30.1. The van der Waals surface area contributed by atoms with Gasteiger partial charge in [0.25, 0.3) is 10.0 Å². The van der Waals surface area contributed by atoms with Crippen molar-refractivity contribution in [2.24, 2.45) is 0 Å². The summed E-state index contributed by atoms with van der Waals surface area (Å²) >= 11 is 6.53. The van der Waals surface area contributed by atoms with Gasteiger partial charge in [-0.2, -0.15) is 4.31 Å². The molecule has 1 aromatic rings. The van der Waals surface area contributed by atoms with Crippen molar-refractivity contribution in [1.29, 1.82) is 0 Å². The number of rotatable bonds is 5. The van der Waals surface area contributed by atoms with E-state index >= 15 is 0 Å². The number of esters is 1. The molecule has 1 aromatic heterocycles. The predicted molar refractivity (Wildman–Crippen MR) is 68.3 cm³/mol. The molecule has 0 bridgehead atoms. The number of halogens is 1. The van der Waals surface area contributed by atoms with Gasteiger partial charge in [0.15, 0.2) is 8.68 Å². The van der Waals surface area contributed by atoms with Crippen LogP contribution in [-0.2, 0) is 19.6 Å². The summed E-state index contributed by atoms with van der Waals surface area (Å²) in [6, 6.07) is 0. The van der Waals surface area contributed by atoms with Gasteiger partial charge in [-0.05, 0) is 13.8 Å². The SMILES string of the molecule is CCOC(=O)CN(C)S(=O)(=O)c1sc(Cl)nc1C. The number of aryl methyl sites for hydroxylation is 1. The molecule has 0 fully saturated rings. The molecule has 0 radical (unpaired) electrons. The highest BCUT2D eigenvalue weighted by Gasteiger charge is 2.28. The fraction of sp³-hybridized carbons (Fsp3) is 0.556. The molecule has 0 aliphatic heterocycles. The molecular weight excluding hydrogens is 300 g/mol. The number of sulfonamides is 1. The molecule has 0 spiro atoms. The molecule has 0 saturated heterocycles. The maximum atomic E-state index is 12.1. The first kappa shape index (κ1) is 15.4. The fourth-order valence-corrected chi connectivity index (χ4v) is 4.25. The first-order chi connectivity index (χ1) is 8.28. The Hall–Kier alpha value is -0.700. The van der Waals surface area contributed by atoms with Gasteiger partial charge in [0.05, 0.1) is 12.3 Å². The molecule has 0 aliphatic rings. The van der Waals surface area contributed by atoms with Crippen molar-refractivity contribution in [2.45, 2.75) is 18.1 Å². The van der Waals surface area contributed by atoms with Gasteiger partial charge >= 0.3 is 5.97 Å². The van der Waals surface area contributed by atoms with Crippen molar-refractivity contribution in [1.82, 2.24) is 9.29 Å². The quantitative estimate of drug-likeness (QED) is 0.766. The molecule has 6 nitrogen and oxygen atoms in total. The molecule has 0 N–H and O–H groups in total. The maximum Gasteiger partial charge on any atom is 0.321 e. The zero-order valence-corrected chi connectivity index (χ0v) is 12.5. The highest BCUT2D eigenvalue weighted by molar-refractivity contribution is 7.91. The van der Waals surface area contributed by atoms with Crippen LogP contribution in [-0.4, -0.2) is 43.9 Å². The van der Waals surface area contributed by atoms with Gasteiger partial charge < -0.3 is 4.74 Å². The molecule has 18 heavy (non-hydrogen) atoms. The number of thiazole rings is 1. The minimum absolute atomic E-state index is 0.0410. The van der Waals surface area contributed by atoms with E-state index in [4.69, 9.17) is 16.3 Å². The third-order valence-electron chi connectivity index (χ3n) is 2.03. The molecule has 0 aromatic carbocycles. The van der Waals surface area contributed by atoms with E-state index in [1.165, 1.54) is 7.05 Å². The van der Waals surface area contributed by atoms with Crippen molar-refractivity contribution in [3.8, 4) is 0 Å². The van der Waals surface area contributed by atoms with Gasteiger partial charge in [0.1, 0.15) is 6.54 Å². The molecule has 0 amide bonds. The molecular formula is C9H13ClN2O4S2. The Morgan fingerprint density at radius 2 is 2.17 bits per heavy atom. The van der Waals surface area contributed by atoms with E-state index in [9.17, 15) is 13.2 Å². The van der Waals surface area contributed by atoms with E-state index in [-0.39, 0.29) is 21.8 Å². The van der Waals surface area contributed by atoms with E-state index in [2.05, 4.69) is 4.98 Å². The summed E-state index contributed by atoms with van der Waals surface area (Å²) in [5.41, 5.74) is 0.320. The van der Waals surface area contributed by atoms with Crippen molar-refractivity contribution >= 4 is 38.9 Å². The predicted octanol–water partition coefficient (Wildman–Crippen LogP) is 1.29. The summed E-state index contributed by atoms with van der Waals surface area (Å²) in [7, 11) is -2.45. The lowest BCUT2D eigenvalue weighted by Crippen LogP contribution is -2.33. The number of likely N-dealkylation sites (N-methyl/N-ethyl adjacent to an activating group) is 1. The van der Waals surface area contributed by atoms with Crippen LogP contribution in [0.5, 0.6) is 0 Å². The van der Waals surface area contributed by atoms with Crippen LogP contribution in [0.15, 0.2) is 4.21 Å². The third-order valence-corrected chi connectivity index (χ3v) is 5.68. The normalized spacial score (nSPS) is 11.8. The summed E-state index contributed by atoms with van der Waals surface area (Å²) in [5.74, 6) is -0.600. The minimum Gasteiger partial charge on any atom is -0.465 e. The van der Waals surface area contributed by atoms with E-state index in [1.807, 2.05) is 0 Å². The smallest absolute Gasteiger partial charge is 0.321 e. The monoisotopic (exact) mass is 312 g/mol. The lowest BCUT2D eigenvalue weighted by atomic mass is 10.6. The number of nitrogens with zero attached hydrogens (tertiary/aromatic N) is 2. The number of aromatic nitrogens is 1. The number of carbonyl (C=O) groups excluding carboxylic acids is 1. The van der Waals surface area contributed by atoms with Gasteiger partial charge in [-0.3, -0.25) is 4.79 Å². The molecule has 1 heterocycles. The van der Waals surface area contributed by atoms with Gasteiger partial charge in [-0.15, -0.1) is 0 Å². The van der Waals surface area contributed by atoms with E-state index < -0.39 is 16.0 Å². The Bertz CT molecular complexity index is 541. The first-order valence-corrected chi connectivity index (χ1v) is 7.67. The number of hydrogen-bond acceptors (Lipinski definition) is 6. The lowest BCUT2D eigenvalue weighted by Gasteiger charge is -2.15. The van der Waals surface area contributed by atoms with Crippen LogP contribution in [0.25, 0.3) is 0 Å². The average molecular weight is 313 g/mol. The summed E-state index contributed by atoms with van der Waals surface area (Å²) in [6.45, 7) is 3.07.